The minimum Gasteiger partial charge on any atom is -0.380 e. The number of guanidine groups is 1. The number of aliphatic imine (C=N–C) groups is 1. The second-order valence-electron chi connectivity index (χ2n) is 5.13. The van der Waals surface area contributed by atoms with E-state index in [0.29, 0.717) is 13.2 Å². The molecule has 0 radical (unpaired) electrons. The van der Waals surface area contributed by atoms with Gasteiger partial charge in [0.05, 0.1) is 6.61 Å². The summed E-state index contributed by atoms with van der Waals surface area (Å²) in [5, 5.41) is 6.64. The van der Waals surface area contributed by atoms with Gasteiger partial charge in [0.15, 0.2) is 5.96 Å². The summed E-state index contributed by atoms with van der Waals surface area (Å²) in [5.74, 6) is 0.785. The van der Waals surface area contributed by atoms with Crippen LogP contribution in [0.5, 0.6) is 0 Å². The molecule has 0 aliphatic heterocycles. The second kappa shape index (κ2) is 11.8. The van der Waals surface area contributed by atoms with E-state index in [1.54, 1.807) is 14.2 Å². The molecule has 0 saturated heterocycles. The van der Waals surface area contributed by atoms with Crippen molar-refractivity contribution in [2.24, 2.45) is 4.99 Å². The van der Waals surface area contributed by atoms with Crippen molar-refractivity contribution in [2.75, 3.05) is 20.7 Å². The number of hydrogen-bond acceptors (Lipinski definition) is 3. The highest BCUT2D eigenvalue weighted by Crippen LogP contribution is 2.09. The maximum Gasteiger partial charge on any atom is 0.191 e. The Hall–Kier alpha value is -1.67. The number of hydrogen-bond donors (Lipinski definition) is 2. The monoisotopic (exact) mass is 440 g/mol. The van der Waals surface area contributed by atoms with Crippen LogP contribution in [0.15, 0.2) is 53.7 Å². The summed E-state index contributed by atoms with van der Waals surface area (Å²) >= 11 is 0. The molecule has 2 aromatic rings. The lowest BCUT2D eigenvalue weighted by molar-refractivity contribution is 0.184. The number of ether oxygens (including phenoxy) is 1. The third-order valence-corrected chi connectivity index (χ3v) is 3.49. The van der Waals surface area contributed by atoms with Crippen LogP contribution >= 0.6 is 24.0 Å². The first-order chi connectivity index (χ1) is 11.3. The number of nitrogens with one attached hydrogen (secondary N) is 2. The Kier molecular flexibility index (Phi) is 10.0. The number of rotatable bonds is 7. The molecule has 130 valence electrons. The molecule has 0 bridgehead atoms. The summed E-state index contributed by atoms with van der Waals surface area (Å²) in [6, 6.07) is 14.2. The lowest BCUT2D eigenvalue weighted by Gasteiger charge is -2.14. The Morgan fingerprint density at radius 2 is 1.83 bits per heavy atom. The molecule has 2 rings (SSSR count). The minimum absolute atomic E-state index is 0. The van der Waals surface area contributed by atoms with E-state index in [1.165, 1.54) is 11.1 Å². The second-order valence-corrected chi connectivity index (χ2v) is 5.13. The molecule has 0 fully saturated rings. The fourth-order valence-electron chi connectivity index (χ4n) is 2.28. The molecule has 5 nitrogen and oxygen atoms in total. The first kappa shape index (κ1) is 20.4. The van der Waals surface area contributed by atoms with Crippen LogP contribution < -0.4 is 10.6 Å². The molecular weight excluding hydrogens is 415 g/mol. The van der Waals surface area contributed by atoms with E-state index < -0.39 is 0 Å². The molecule has 0 aliphatic carbocycles. The minimum atomic E-state index is 0. The van der Waals surface area contributed by atoms with Gasteiger partial charge in [-0.05, 0) is 23.3 Å². The van der Waals surface area contributed by atoms with Gasteiger partial charge in [-0.1, -0.05) is 30.3 Å². The van der Waals surface area contributed by atoms with Crippen LogP contribution in [0.25, 0.3) is 0 Å². The van der Waals surface area contributed by atoms with Crippen LogP contribution in [0.1, 0.15) is 16.8 Å². The smallest absolute Gasteiger partial charge is 0.191 e. The van der Waals surface area contributed by atoms with Gasteiger partial charge in [0, 0.05) is 45.6 Å². The molecule has 1 aromatic heterocycles. The van der Waals surface area contributed by atoms with Gasteiger partial charge >= 0.3 is 0 Å². The van der Waals surface area contributed by atoms with E-state index >= 15 is 0 Å². The zero-order chi connectivity index (χ0) is 16.3. The SMILES string of the molecule is CN=C(NCCc1ccccn1)NCc1ccccc1COC.I. The van der Waals surface area contributed by atoms with Crippen molar-refractivity contribution in [3.05, 3.63) is 65.5 Å². The van der Waals surface area contributed by atoms with Crippen molar-refractivity contribution in [3.8, 4) is 0 Å². The number of aromatic nitrogens is 1. The molecule has 6 heteroatoms. The Morgan fingerprint density at radius 1 is 1.08 bits per heavy atom. The van der Waals surface area contributed by atoms with Gasteiger partial charge in [-0.3, -0.25) is 9.98 Å². The molecule has 0 spiro atoms. The predicted octanol–water partition coefficient (Wildman–Crippen LogP) is 2.75. The van der Waals surface area contributed by atoms with Crippen molar-refractivity contribution in [2.45, 2.75) is 19.6 Å². The number of halogens is 1. The van der Waals surface area contributed by atoms with Crippen LogP contribution in [0.2, 0.25) is 0 Å². The quantitative estimate of drug-likeness (QED) is 0.395. The van der Waals surface area contributed by atoms with Gasteiger partial charge in [-0.15, -0.1) is 24.0 Å². The van der Waals surface area contributed by atoms with Crippen LogP contribution in [0, 0.1) is 0 Å². The van der Waals surface area contributed by atoms with Crippen molar-refractivity contribution in [3.63, 3.8) is 0 Å². The third-order valence-electron chi connectivity index (χ3n) is 3.49. The van der Waals surface area contributed by atoms with E-state index in [9.17, 15) is 0 Å². The van der Waals surface area contributed by atoms with Crippen LogP contribution in [0.4, 0.5) is 0 Å². The molecule has 0 atom stereocenters. The maximum absolute atomic E-state index is 5.23. The highest BCUT2D eigenvalue weighted by molar-refractivity contribution is 14.0. The number of pyridine rings is 1. The van der Waals surface area contributed by atoms with Gasteiger partial charge in [-0.25, -0.2) is 0 Å². The molecule has 0 amide bonds. The zero-order valence-electron chi connectivity index (χ0n) is 14.2. The molecule has 0 unspecified atom stereocenters. The summed E-state index contributed by atoms with van der Waals surface area (Å²) in [5.41, 5.74) is 3.47. The van der Waals surface area contributed by atoms with Gasteiger partial charge < -0.3 is 15.4 Å². The average molecular weight is 440 g/mol. The van der Waals surface area contributed by atoms with Crippen molar-refractivity contribution < 1.29 is 4.74 Å². The van der Waals surface area contributed by atoms with Gasteiger partial charge in [0.25, 0.3) is 0 Å². The van der Waals surface area contributed by atoms with E-state index in [2.05, 4.69) is 32.7 Å². The van der Waals surface area contributed by atoms with Crippen LogP contribution in [-0.4, -0.2) is 31.6 Å². The fourth-order valence-corrected chi connectivity index (χ4v) is 2.28. The Bertz CT molecular complexity index is 619. The normalized spacial score (nSPS) is 10.8. The Balaban J connectivity index is 0.00000288. The van der Waals surface area contributed by atoms with Crippen molar-refractivity contribution in [1.29, 1.82) is 0 Å². The summed E-state index contributed by atoms with van der Waals surface area (Å²) < 4.78 is 5.23. The highest BCUT2D eigenvalue weighted by Gasteiger charge is 2.03. The Morgan fingerprint density at radius 3 is 2.50 bits per heavy atom. The molecule has 24 heavy (non-hydrogen) atoms. The highest BCUT2D eigenvalue weighted by atomic mass is 127. The predicted molar refractivity (Wildman–Crippen MR) is 109 cm³/mol. The van der Waals surface area contributed by atoms with E-state index in [1.807, 2.05) is 36.5 Å². The number of nitrogens with zero attached hydrogens (tertiary/aromatic N) is 2. The standard InChI is InChI=1S/C18H24N4O.HI/c1-19-18(21-12-10-17-9-5-6-11-20-17)22-13-15-7-3-4-8-16(15)14-23-2;/h3-9,11H,10,12-14H2,1-2H3,(H2,19,21,22);1H. The van der Waals surface area contributed by atoms with E-state index in [4.69, 9.17) is 4.74 Å². The average Bonchev–Trinajstić information content (AvgIpc) is 2.60. The fraction of sp³-hybridized carbons (Fsp3) is 0.333. The van der Waals surface area contributed by atoms with Crippen molar-refractivity contribution in [1.82, 2.24) is 15.6 Å². The lowest BCUT2D eigenvalue weighted by Crippen LogP contribution is -2.38. The van der Waals surface area contributed by atoms with E-state index in [0.717, 1.165) is 24.6 Å². The first-order valence-corrected chi connectivity index (χ1v) is 7.73. The van der Waals surface area contributed by atoms with E-state index in [-0.39, 0.29) is 24.0 Å². The molecule has 1 heterocycles. The zero-order valence-corrected chi connectivity index (χ0v) is 16.5. The largest absolute Gasteiger partial charge is 0.380 e. The molecular formula is C18H25IN4O. The lowest BCUT2D eigenvalue weighted by atomic mass is 10.1. The summed E-state index contributed by atoms with van der Waals surface area (Å²) in [6.07, 6.45) is 2.68. The summed E-state index contributed by atoms with van der Waals surface area (Å²) in [6.45, 7) is 2.11. The molecule has 2 N–H and O–H groups in total. The Labute approximate surface area is 161 Å². The summed E-state index contributed by atoms with van der Waals surface area (Å²) in [4.78, 5) is 8.57. The topological polar surface area (TPSA) is 58.5 Å². The van der Waals surface area contributed by atoms with Crippen molar-refractivity contribution >= 4 is 29.9 Å². The van der Waals surface area contributed by atoms with Gasteiger partial charge in [0.1, 0.15) is 0 Å². The summed E-state index contributed by atoms with van der Waals surface area (Å²) in [7, 11) is 3.49. The van der Waals surface area contributed by atoms with Crippen LogP contribution in [-0.2, 0) is 24.3 Å². The van der Waals surface area contributed by atoms with Gasteiger partial charge in [-0.2, -0.15) is 0 Å². The molecule has 0 aliphatic rings. The van der Waals surface area contributed by atoms with Crippen LogP contribution in [0.3, 0.4) is 0 Å². The third kappa shape index (κ3) is 6.84. The number of methoxy groups -OCH3 is 1. The molecule has 1 aromatic carbocycles. The van der Waals surface area contributed by atoms with Gasteiger partial charge in [0.2, 0.25) is 0 Å². The molecule has 0 saturated carbocycles. The maximum atomic E-state index is 5.23. The number of benzene rings is 1. The first-order valence-electron chi connectivity index (χ1n) is 7.73.